The van der Waals surface area contributed by atoms with Gasteiger partial charge in [-0.05, 0) is 49.3 Å². The number of hydrogen-bond acceptors (Lipinski definition) is 3. The molecule has 0 saturated heterocycles. The Morgan fingerprint density at radius 3 is 2.53 bits per heavy atom. The highest BCUT2D eigenvalue weighted by molar-refractivity contribution is 5.94. The van der Waals surface area contributed by atoms with Crippen LogP contribution in [0.25, 0.3) is 0 Å². The molecule has 0 unspecified atom stereocenters. The van der Waals surface area contributed by atoms with E-state index >= 15 is 0 Å². The first-order valence-corrected chi connectivity index (χ1v) is 6.83. The molecule has 1 saturated carbocycles. The highest BCUT2D eigenvalue weighted by atomic mass is 16.1. The second-order valence-corrected chi connectivity index (χ2v) is 6.25. The zero-order valence-corrected chi connectivity index (χ0v) is 11.7. The molecule has 5 N–H and O–H groups in total. The Hall–Kier alpha value is -1.71. The molecule has 4 heteroatoms. The van der Waals surface area contributed by atoms with Gasteiger partial charge in [0.15, 0.2) is 0 Å². The lowest BCUT2D eigenvalue weighted by Crippen LogP contribution is -2.30. The average molecular weight is 261 g/mol. The Labute approximate surface area is 114 Å². The molecule has 0 atom stereocenters. The van der Waals surface area contributed by atoms with Crippen LogP contribution in [0.3, 0.4) is 0 Å². The van der Waals surface area contributed by atoms with Crippen LogP contribution in [0.4, 0.5) is 11.4 Å². The van der Waals surface area contributed by atoms with Crippen molar-refractivity contribution in [1.29, 1.82) is 0 Å². The van der Waals surface area contributed by atoms with E-state index in [1.165, 1.54) is 12.8 Å². The fourth-order valence-electron chi connectivity index (χ4n) is 2.60. The molecular formula is C15H23N3O. The van der Waals surface area contributed by atoms with Gasteiger partial charge in [0.2, 0.25) is 5.91 Å². The number of nitrogen functional groups attached to an aromatic ring is 1. The Kier molecular flexibility index (Phi) is 3.69. The van der Waals surface area contributed by atoms with Crippen molar-refractivity contribution in [1.82, 2.24) is 0 Å². The summed E-state index contributed by atoms with van der Waals surface area (Å²) in [5.41, 5.74) is 13.7. The topological polar surface area (TPSA) is 81.1 Å². The molecule has 1 aromatic carbocycles. The predicted molar refractivity (Wildman–Crippen MR) is 79.0 cm³/mol. The minimum absolute atomic E-state index is 0.423. The summed E-state index contributed by atoms with van der Waals surface area (Å²) in [5.74, 6) is -0.423. The molecule has 0 heterocycles. The highest BCUT2D eigenvalue weighted by Crippen LogP contribution is 2.36. The van der Waals surface area contributed by atoms with Crippen LogP contribution in [0.15, 0.2) is 18.2 Å². The molecule has 0 aliphatic heterocycles. The fraction of sp³-hybridized carbons (Fsp3) is 0.533. The van der Waals surface area contributed by atoms with Gasteiger partial charge in [-0.3, -0.25) is 4.79 Å². The minimum atomic E-state index is -0.423. The zero-order chi connectivity index (χ0) is 14.0. The van der Waals surface area contributed by atoms with Crippen LogP contribution >= 0.6 is 0 Å². The van der Waals surface area contributed by atoms with E-state index in [2.05, 4.69) is 19.2 Å². The van der Waals surface area contributed by atoms with E-state index in [9.17, 15) is 4.79 Å². The molecule has 0 radical (unpaired) electrons. The second-order valence-electron chi connectivity index (χ2n) is 6.25. The van der Waals surface area contributed by atoms with Gasteiger partial charge in [0.05, 0.1) is 11.4 Å². The van der Waals surface area contributed by atoms with Gasteiger partial charge < -0.3 is 16.8 Å². The monoisotopic (exact) mass is 261 g/mol. The van der Waals surface area contributed by atoms with E-state index in [0.29, 0.717) is 22.7 Å². The van der Waals surface area contributed by atoms with Crippen molar-refractivity contribution in [2.75, 3.05) is 11.1 Å². The van der Waals surface area contributed by atoms with Crippen molar-refractivity contribution in [3.05, 3.63) is 23.8 Å². The van der Waals surface area contributed by atoms with E-state index in [4.69, 9.17) is 11.5 Å². The lowest BCUT2D eigenvalue weighted by atomic mass is 9.75. The smallest absolute Gasteiger partial charge is 0.248 e. The van der Waals surface area contributed by atoms with Crippen LogP contribution in [0, 0.1) is 5.41 Å². The van der Waals surface area contributed by atoms with Gasteiger partial charge in [-0.2, -0.15) is 0 Å². The maximum atomic E-state index is 11.2. The normalized spacial score (nSPS) is 19.1. The van der Waals surface area contributed by atoms with Crippen LogP contribution in [0.5, 0.6) is 0 Å². The molecular weight excluding hydrogens is 238 g/mol. The molecule has 104 valence electrons. The summed E-state index contributed by atoms with van der Waals surface area (Å²) in [6.07, 6.45) is 4.68. The molecule has 2 rings (SSSR count). The molecule has 19 heavy (non-hydrogen) atoms. The quantitative estimate of drug-likeness (QED) is 0.732. The van der Waals surface area contributed by atoms with E-state index in [1.807, 2.05) is 0 Å². The van der Waals surface area contributed by atoms with Gasteiger partial charge in [-0.1, -0.05) is 13.8 Å². The molecule has 1 aliphatic carbocycles. The number of amides is 1. The largest absolute Gasteiger partial charge is 0.397 e. The first kappa shape index (κ1) is 13.7. The Balaban J connectivity index is 2.07. The van der Waals surface area contributed by atoms with Gasteiger partial charge in [-0.25, -0.2) is 0 Å². The maximum absolute atomic E-state index is 11.2. The number of nitrogens with one attached hydrogen (secondary N) is 1. The maximum Gasteiger partial charge on any atom is 0.248 e. The lowest BCUT2D eigenvalue weighted by Gasteiger charge is -2.35. The molecule has 0 aromatic heterocycles. The summed E-state index contributed by atoms with van der Waals surface area (Å²) in [7, 11) is 0. The van der Waals surface area contributed by atoms with Gasteiger partial charge in [0.25, 0.3) is 0 Å². The van der Waals surface area contributed by atoms with Crippen molar-refractivity contribution in [3.8, 4) is 0 Å². The number of primary amides is 1. The van der Waals surface area contributed by atoms with E-state index in [-0.39, 0.29) is 0 Å². The summed E-state index contributed by atoms with van der Waals surface area (Å²) in [4.78, 5) is 11.2. The zero-order valence-electron chi connectivity index (χ0n) is 11.7. The number of benzene rings is 1. The molecule has 4 nitrogen and oxygen atoms in total. The predicted octanol–water partition coefficient (Wildman–Crippen LogP) is 2.75. The van der Waals surface area contributed by atoms with E-state index in [0.717, 1.165) is 18.5 Å². The van der Waals surface area contributed by atoms with Gasteiger partial charge in [0, 0.05) is 11.6 Å². The first-order chi connectivity index (χ1) is 8.87. The number of rotatable bonds is 3. The van der Waals surface area contributed by atoms with Crippen molar-refractivity contribution >= 4 is 17.3 Å². The molecule has 1 aliphatic rings. The summed E-state index contributed by atoms with van der Waals surface area (Å²) in [6, 6.07) is 5.57. The van der Waals surface area contributed by atoms with Crippen LogP contribution < -0.4 is 16.8 Å². The third-order valence-corrected chi connectivity index (χ3v) is 4.04. The Bertz CT molecular complexity index is 472. The Morgan fingerprint density at radius 2 is 1.95 bits per heavy atom. The van der Waals surface area contributed by atoms with Crippen LogP contribution in [-0.2, 0) is 0 Å². The van der Waals surface area contributed by atoms with Crippen LogP contribution in [-0.4, -0.2) is 11.9 Å². The lowest BCUT2D eigenvalue weighted by molar-refractivity contribution is 0.100. The third-order valence-electron chi connectivity index (χ3n) is 4.04. The fourth-order valence-corrected chi connectivity index (χ4v) is 2.60. The average Bonchev–Trinajstić information content (AvgIpc) is 2.34. The molecule has 0 bridgehead atoms. The molecule has 0 spiro atoms. The Morgan fingerprint density at radius 1 is 1.32 bits per heavy atom. The van der Waals surface area contributed by atoms with E-state index < -0.39 is 5.91 Å². The van der Waals surface area contributed by atoms with Crippen LogP contribution in [0.2, 0.25) is 0 Å². The number of hydrogen-bond donors (Lipinski definition) is 3. The van der Waals surface area contributed by atoms with Crippen molar-refractivity contribution in [3.63, 3.8) is 0 Å². The SMILES string of the molecule is CC1(C)CCC(Nc2cc(C(N)=O)ccc2N)CC1. The molecule has 1 fully saturated rings. The molecule has 1 amide bonds. The van der Waals surface area contributed by atoms with Crippen LogP contribution in [0.1, 0.15) is 49.9 Å². The first-order valence-electron chi connectivity index (χ1n) is 6.83. The van der Waals surface area contributed by atoms with E-state index in [1.54, 1.807) is 18.2 Å². The number of anilines is 2. The summed E-state index contributed by atoms with van der Waals surface area (Å²) >= 11 is 0. The summed E-state index contributed by atoms with van der Waals surface area (Å²) in [5, 5.41) is 3.45. The second kappa shape index (κ2) is 5.11. The van der Waals surface area contributed by atoms with Gasteiger partial charge in [0.1, 0.15) is 0 Å². The van der Waals surface area contributed by atoms with Crippen molar-refractivity contribution < 1.29 is 4.79 Å². The number of nitrogens with two attached hydrogens (primary N) is 2. The standard InChI is InChI=1S/C15H23N3O/c1-15(2)7-5-11(6-8-15)18-13-9-10(14(17)19)3-4-12(13)16/h3-4,9,11,18H,5-8,16H2,1-2H3,(H2,17,19). The van der Waals surface area contributed by atoms with Crippen molar-refractivity contribution in [2.24, 2.45) is 11.1 Å². The van der Waals surface area contributed by atoms with Gasteiger partial charge in [-0.15, -0.1) is 0 Å². The van der Waals surface area contributed by atoms with Crippen molar-refractivity contribution in [2.45, 2.75) is 45.6 Å². The number of carbonyl (C=O) groups is 1. The minimum Gasteiger partial charge on any atom is -0.397 e. The van der Waals surface area contributed by atoms with Gasteiger partial charge >= 0.3 is 0 Å². The highest BCUT2D eigenvalue weighted by Gasteiger charge is 2.26. The number of carbonyl (C=O) groups excluding carboxylic acids is 1. The summed E-state index contributed by atoms with van der Waals surface area (Å²) in [6.45, 7) is 4.62. The molecule has 1 aromatic rings. The summed E-state index contributed by atoms with van der Waals surface area (Å²) < 4.78 is 0. The third kappa shape index (κ3) is 3.40.